The Morgan fingerprint density at radius 1 is 0.306 bits per heavy atom. The molecule has 98 heavy (non-hydrogen) atoms. The Kier molecular flexibility index (Phi) is 34.8. The highest BCUT2D eigenvalue weighted by Crippen LogP contribution is 2.59. The van der Waals surface area contributed by atoms with Gasteiger partial charge in [0.2, 0.25) is 17.7 Å². The molecule has 568 valence electrons. The van der Waals surface area contributed by atoms with Crippen LogP contribution in [-0.2, 0) is 84.4 Å². The van der Waals surface area contributed by atoms with Crippen LogP contribution < -0.4 is 10.6 Å². The van der Waals surface area contributed by atoms with Crippen LogP contribution in [0.2, 0.25) is 0 Å². The molecule has 2 aromatic carbocycles. The third-order valence-corrected chi connectivity index (χ3v) is 12.6. The first-order chi connectivity index (χ1) is 45.1. The van der Waals surface area contributed by atoms with Crippen molar-refractivity contribution in [1.82, 2.24) is 15.5 Å². The van der Waals surface area contributed by atoms with Crippen LogP contribution in [0.4, 0.5) is 119 Å². The van der Waals surface area contributed by atoms with Gasteiger partial charge < -0.3 is 72.4 Å². The summed E-state index contributed by atoms with van der Waals surface area (Å²) in [7, 11) is 0. The Hall–Kier alpha value is -5.52. The topological polar surface area (TPSA) is 189 Å². The van der Waals surface area contributed by atoms with Crippen LogP contribution in [0.5, 0.6) is 0 Å². The first kappa shape index (κ1) is 88.6. The molecule has 2 aromatic rings. The number of rotatable bonds is 45. The molecule has 0 aliphatic carbocycles. The van der Waals surface area contributed by atoms with Crippen LogP contribution in [0.15, 0.2) is 60.7 Å². The number of hydrogen-bond donors (Lipinski definition) is 2. The van der Waals surface area contributed by atoms with Crippen molar-refractivity contribution in [2.75, 3.05) is 152 Å². The maximum atomic E-state index is 14.1. The van der Waals surface area contributed by atoms with E-state index in [0.717, 1.165) is 11.1 Å². The molecule has 0 radical (unpaired) electrons. The number of carbonyl (C=O) groups is 3. The molecule has 2 rings (SSSR count). The summed E-state index contributed by atoms with van der Waals surface area (Å²) >= 11 is 0. The van der Waals surface area contributed by atoms with E-state index in [1.165, 1.54) is 0 Å². The number of alkyl halides is 27. The normalized spacial score (nSPS) is 13.9. The largest absolute Gasteiger partial charge is 0.435 e. The van der Waals surface area contributed by atoms with E-state index in [-0.39, 0.29) is 84.2 Å². The van der Waals surface area contributed by atoms with E-state index in [0.29, 0.717) is 13.2 Å². The molecule has 0 spiro atoms. The van der Waals surface area contributed by atoms with Gasteiger partial charge in [-0.05, 0) is 11.1 Å². The van der Waals surface area contributed by atoms with Crippen LogP contribution in [0.25, 0.3) is 0 Å². The zero-order chi connectivity index (χ0) is 74.6. The number of nitrogens with zero attached hydrogens (tertiary/aromatic N) is 1. The van der Waals surface area contributed by atoms with E-state index in [4.69, 9.17) is 37.9 Å². The molecule has 45 heteroatoms. The van der Waals surface area contributed by atoms with Crippen molar-refractivity contribution < 1.29 is 190 Å². The molecular formula is C53H62F27N3O15. The molecule has 0 unspecified atom stereocenters. The molecule has 0 saturated carbocycles. The van der Waals surface area contributed by atoms with Crippen molar-refractivity contribution in [1.29, 1.82) is 0 Å². The van der Waals surface area contributed by atoms with Gasteiger partial charge >= 0.3 is 72.4 Å². The number of carbonyl (C=O) groups excluding carboxylic acids is 3. The molecule has 0 aromatic heterocycles. The minimum Gasteiger partial charge on any atom is -0.377 e. The smallest absolute Gasteiger partial charge is 0.377 e. The van der Waals surface area contributed by atoms with E-state index in [1.54, 1.807) is 24.3 Å². The Morgan fingerprint density at radius 3 is 0.786 bits per heavy atom. The molecule has 0 saturated heterocycles. The molecular weight excluding hydrogens is 1430 g/mol. The highest BCUT2D eigenvalue weighted by Gasteiger charge is 2.89. The summed E-state index contributed by atoms with van der Waals surface area (Å²) in [6.45, 7) is -22.6. The molecule has 0 aliphatic rings. The summed E-state index contributed by atoms with van der Waals surface area (Å²) in [5.74, 6) is -5.04. The van der Waals surface area contributed by atoms with Crippen molar-refractivity contribution in [3.05, 3.63) is 71.8 Å². The van der Waals surface area contributed by atoms with Crippen LogP contribution >= 0.6 is 0 Å². The van der Waals surface area contributed by atoms with Gasteiger partial charge in [0, 0.05) is 13.1 Å². The summed E-state index contributed by atoms with van der Waals surface area (Å²) < 4.78 is 436. The van der Waals surface area contributed by atoms with Crippen molar-refractivity contribution in [2.45, 2.75) is 85.6 Å². The van der Waals surface area contributed by atoms with Gasteiger partial charge in [-0.1, -0.05) is 60.7 Å². The van der Waals surface area contributed by atoms with Gasteiger partial charge in [-0.2, -0.15) is 119 Å². The fraction of sp³-hybridized carbons (Fsp3) is 0.717. The number of nitrogens with one attached hydrogen (secondary N) is 2. The fourth-order valence-electron chi connectivity index (χ4n) is 7.73. The second-order valence-corrected chi connectivity index (χ2v) is 20.1. The number of benzene rings is 2. The Balaban J connectivity index is 2.50. The fourth-order valence-corrected chi connectivity index (χ4v) is 7.73. The highest BCUT2D eigenvalue weighted by atomic mass is 19.5. The van der Waals surface area contributed by atoms with Gasteiger partial charge in [0.05, 0.1) is 138 Å². The van der Waals surface area contributed by atoms with E-state index < -0.39 is 168 Å². The van der Waals surface area contributed by atoms with Crippen LogP contribution in [0.1, 0.15) is 11.1 Å². The summed E-state index contributed by atoms with van der Waals surface area (Å²) in [6.07, 6.45) is -74.0. The third kappa shape index (κ3) is 26.5. The predicted octanol–water partition coefficient (Wildman–Crippen LogP) is 9.91. The molecule has 0 heterocycles. The van der Waals surface area contributed by atoms with Crippen LogP contribution in [-0.4, -0.2) is 247 Å². The van der Waals surface area contributed by atoms with Crippen molar-refractivity contribution in [2.24, 2.45) is 5.41 Å². The van der Waals surface area contributed by atoms with Crippen LogP contribution in [0.3, 0.4) is 0 Å². The molecule has 0 bridgehead atoms. The summed E-state index contributed by atoms with van der Waals surface area (Å²) in [4.78, 5) is 39.6. The summed E-state index contributed by atoms with van der Waals surface area (Å²) in [6, 6.07) is 18.2. The first-order valence-corrected chi connectivity index (χ1v) is 27.7. The number of ether oxygens (including phenoxy) is 12. The zero-order valence-electron chi connectivity index (χ0n) is 50.2. The molecule has 3 amide bonds. The van der Waals surface area contributed by atoms with Crippen molar-refractivity contribution in [3.63, 3.8) is 0 Å². The lowest BCUT2D eigenvalue weighted by molar-refractivity contribution is -0.474. The summed E-state index contributed by atoms with van der Waals surface area (Å²) in [5.41, 5.74) is -28.0. The Morgan fingerprint density at radius 2 is 0.541 bits per heavy atom. The zero-order valence-corrected chi connectivity index (χ0v) is 50.2. The maximum absolute atomic E-state index is 14.1. The molecule has 18 nitrogen and oxygen atoms in total. The highest BCUT2D eigenvalue weighted by molar-refractivity contribution is 5.89. The quantitative estimate of drug-likeness (QED) is 0.0470. The standard InChI is InChI=1S/C53H62F27N3O15/c54-45(55,56)42(46(57,58)59,47(60,61)62)96-33-41(34-97-43(48(63,64)65,49(66,67)68)50(69,70)71,35-98-44(51(72,73)74,52(75,76)77)53(78,79)80)32-95-31-40(86)83(27-38(84)81-11-13-87-15-17-89-19-21-91-23-25-93-29-36-7-3-1-4-8-36)28-39(85)82-12-14-88-16-18-90-20-22-92-24-26-94-30-37-9-5-2-6-10-37/h1-10H,11-35H2,(H,81,84)(H,82,85). The summed E-state index contributed by atoms with van der Waals surface area (Å²) in [5, 5.41) is 4.09. The van der Waals surface area contributed by atoms with E-state index in [1.807, 2.05) is 47.0 Å². The number of amides is 3. The lowest BCUT2D eigenvalue weighted by Crippen LogP contribution is -2.71. The monoisotopic (exact) mass is 1490 g/mol. The van der Waals surface area contributed by atoms with Gasteiger partial charge in [-0.15, -0.1) is 0 Å². The van der Waals surface area contributed by atoms with E-state index >= 15 is 0 Å². The molecule has 2 N–H and O–H groups in total. The van der Waals surface area contributed by atoms with Crippen LogP contribution in [0, 0.1) is 5.41 Å². The van der Waals surface area contributed by atoms with Gasteiger partial charge in [-0.25, -0.2) is 0 Å². The maximum Gasteiger partial charge on any atom is 0.435 e. The van der Waals surface area contributed by atoms with Crippen molar-refractivity contribution >= 4 is 17.7 Å². The molecule has 0 atom stereocenters. The lowest BCUT2D eigenvalue weighted by atomic mass is 9.89. The van der Waals surface area contributed by atoms with Gasteiger partial charge in [0.1, 0.15) is 19.7 Å². The lowest BCUT2D eigenvalue weighted by Gasteiger charge is -2.45. The van der Waals surface area contributed by atoms with Gasteiger partial charge in [0.15, 0.2) is 0 Å². The van der Waals surface area contributed by atoms with Crippen molar-refractivity contribution in [3.8, 4) is 0 Å². The second kappa shape index (κ2) is 38.5. The molecule has 0 aliphatic heterocycles. The van der Waals surface area contributed by atoms with E-state index in [2.05, 4.69) is 18.9 Å². The Bertz CT molecular complexity index is 2290. The van der Waals surface area contributed by atoms with Gasteiger partial charge in [-0.3, -0.25) is 14.4 Å². The Labute approximate surface area is 537 Å². The minimum atomic E-state index is -8.22. The molecule has 0 fully saturated rings. The first-order valence-electron chi connectivity index (χ1n) is 27.7. The average molecular weight is 1490 g/mol. The predicted molar refractivity (Wildman–Crippen MR) is 274 cm³/mol. The third-order valence-electron chi connectivity index (χ3n) is 12.6. The average Bonchev–Trinajstić information content (AvgIpc) is 0.736. The number of hydrogen-bond acceptors (Lipinski definition) is 15. The van der Waals surface area contributed by atoms with E-state index in [9.17, 15) is 133 Å². The minimum absolute atomic E-state index is 0.0288. The second-order valence-electron chi connectivity index (χ2n) is 20.1. The number of halogens is 27. The van der Waals surface area contributed by atoms with Gasteiger partial charge in [0.25, 0.3) is 0 Å². The SMILES string of the molecule is O=C(CN(CC(=O)NCCOCCOCCOCCOCc1ccccc1)C(=O)COCC(COC(C(F)(F)F)(C(F)(F)F)C(F)(F)F)(COC(C(F)(F)F)(C(F)(F)F)C(F)(F)F)COC(C(F)(F)F)(C(F)(F)F)C(F)(F)F)NCCOCCOCCOCCOCc1ccccc1.